The molecule has 0 amide bonds. The van der Waals surface area contributed by atoms with Crippen LogP contribution in [-0.4, -0.2) is 5.66 Å². The van der Waals surface area contributed by atoms with Gasteiger partial charge in [-0.2, -0.15) is 0 Å². The molecule has 1 aliphatic rings. The molecule has 0 saturated heterocycles. The second-order valence-corrected chi connectivity index (χ2v) is 5.47. The number of para-hydroxylation sites is 1. The first-order chi connectivity index (χ1) is 7.36. The fourth-order valence-electron chi connectivity index (χ4n) is 1.95. The minimum Gasteiger partial charge on any atom is -0.254 e. The van der Waals surface area contributed by atoms with Crippen LogP contribution in [0, 0.1) is 0 Å². The van der Waals surface area contributed by atoms with Crippen LogP contribution in [0.4, 0.5) is 0 Å². The van der Waals surface area contributed by atoms with Crippen molar-refractivity contribution in [2.75, 3.05) is 0 Å². The highest BCUT2D eigenvalue weighted by molar-refractivity contribution is 7.40. The standard InChI is InChI=1S/C12H16O2P/c13-15(12-9-5-2-6-10-12)14-11-7-3-1-4-8-11/h1,3-4,7-8,12H,2,5-6,9-10H2/q+1. The van der Waals surface area contributed by atoms with Crippen LogP contribution in [-0.2, 0) is 4.57 Å². The molecule has 2 nitrogen and oxygen atoms in total. The summed E-state index contributed by atoms with van der Waals surface area (Å²) in [6.45, 7) is 0. The molecule has 1 atom stereocenters. The molecule has 3 heteroatoms. The van der Waals surface area contributed by atoms with Gasteiger partial charge in [0, 0.05) is 0 Å². The average molecular weight is 223 g/mol. The van der Waals surface area contributed by atoms with E-state index < -0.39 is 8.03 Å². The Hall–Kier alpha value is -0.880. The predicted octanol–water partition coefficient (Wildman–Crippen LogP) is 4.14. The lowest BCUT2D eigenvalue weighted by Crippen LogP contribution is -2.09. The van der Waals surface area contributed by atoms with Crippen LogP contribution >= 0.6 is 8.03 Å². The molecule has 0 heterocycles. The van der Waals surface area contributed by atoms with Gasteiger partial charge in [0.1, 0.15) is 0 Å². The molecule has 1 saturated carbocycles. The fourth-order valence-corrected chi connectivity index (χ4v) is 3.22. The number of benzene rings is 1. The van der Waals surface area contributed by atoms with Crippen molar-refractivity contribution >= 4 is 8.03 Å². The molecule has 1 fully saturated rings. The summed E-state index contributed by atoms with van der Waals surface area (Å²) in [5, 5.41) is 0. The quantitative estimate of drug-likeness (QED) is 0.720. The summed E-state index contributed by atoms with van der Waals surface area (Å²) in [4.78, 5) is 0. The zero-order valence-electron chi connectivity index (χ0n) is 8.76. The third kappa shape index (κ3) is 3.04. The minimum absolute atomic E-state index is 0.272. The van der Waals surface area contributed by atoms with E-state index in [0.717, 1.165) is 18.6 Å². The van der Waals surface area contributed by atoms with Crippen molar-refractivity contribution in [2.45, 2.75) is 37.8 Å². The van der Waals surface area contributed by atoms with Gasteiger partial charge >= 0.3 is 8.03 Å². The molecule has 0 bridgehead atoms. The third-order valence-corrected chi connectivity index (χ3v) is 4.31. The molecule has 2 rings (SSSR count). The van der Waals surface area contributed by atoms with Crippen LogP contribution in [0.1, 0.15) is 32.1 Å². The Kier molecular flexibility index (Phi) is 3.74. The van der Waals surface area contributed by atoms with Crippen LogP contribution in [0.25, 0.3) is 0 Å². The number of hydrogen-bond donors (Lipinski definition) is 0. The Morgan fingerprint density at radius 3 is 2.40 bits per heavy atom. The molecular weight excluding hydrogens is 207 g/mol. The van der Waals surface area contributed by atoms with Gasteiger partial charge in [0.15, 0.2) is 11.4 Å². The van der Waals surface area contributed by atoms with Gasteiger partial charge in [0.25, 0.3) is 0 Å². The van der Waals surface area contributed by atoms with Gasteiger partial charge in [-0.15, -0.1) is 0 Å². The summed E-state index contributed by atoms with van der Waals surface area (Å²) in [6, 6.07) is 9.45. The molecular formula is C12H16O2P+. The maximum Gasteiger partial charge on any atom is 0.559 e. The van der Waals surface area contributed by atoms with Gasteiger partial charge in [0.2, 0.25) is 0 Å². The van der Waals surface area contributed by atoms with Gasteiger partial charge in [0.05, 0.1) is 0 Å². The largest absolute Gasteiger partial charge is 0.559 e. The van der Waals surface area contributed by atoms with E-state index in [2.05, 4.69) is 0 Å². The summed E-state index contributed by atoms with van der Waals surface area (Å²) < 4.78 is 17.4. The third-order valence-electron chi connectivity index (χ3n) is 2.81. The van der Waals surface area contributed by atoms with Gasteiger partial charge in [-0.25, -0.2) is 0 Å². The van der Waals surface area contributed by atoms with Crippen LogP contribution in [0.2, 0.25) is 0 Å². The second kappa shape index (κ2) is 5.27. The topological polar surface area (TPSA) is 26.3 Å². The molecule has 1 aromatic rings. The van der Waals surface area contributed by atoms with Crippen molar-refractivity contribution in [3.8, 4) is 5.75 Å². The molecule has 0 N–H and O–H groups in total. The van der Waals surface area contributed by atoms with Gasteiger partial charge in [-0.3, -0.25) is 4.52 Å². The van der Waals surface area contributed by atoms with E-state index in [1.165, 1.54) is 19.3 Å². The first-order valence-corrected chi connectivity index (χ1v) is 6.80. The Morgan fingerprint density at radius 1 is 1.07 bits per heavy atom. The molecule has 0 aliphatic heterocycles. The van der Waals surface area contributed by atoms with Crippen molar-refractivity contribution in [2.24, 2.45) is 0 Å². The lowest BCUT2D eigenvalue weighted by molar-refractivity contribution is 0.445. The first-order valence-electron chi connectivity index (χ1n) is 5.55. The van der Waals surface area contributed by atoms with Crippen molar-refractivity contribution in [1.82, 2.24) is 0 Å². The first kappa shape index (κ1) is 10.6. The highest BCUT2D eigenvalue weighted by Crippen LogP contribution is 2.39. The molecule has 1 aromatic carbocycles. The van der Waals surface area contributed by atoms with Gasteiger partial charge in [-0.1, -0.05) is 24.6 Å². The Labute approximate surface area is 91.5 Å². The SMILES string of the molecule is O=[P+](Oc1ccccc1)C1CCCCC1. The zero-order chi connectivity index (χ0) is 10.5. The Bertz CT molecular complexity index is 318. The normalized spacial score (nSPS) is 18.5. The Balaban J connectivity index is 1.91. The summed E-state index contributed by atoms with van der Waals surface area (Å²) in [7, 11) is -1.53. The van der Waals surface area contributed by atoms with E-state index in [-0.39, 0.29) is 5.66 Å². The molecule has 0 aromatic heterocycles. The van der Waals surface area contributed by atoms with Gasteiger partial charge in [-0.05, 0) is 42.4 Å². The second-order valence-electron chi connectivity index (χ2n) is 3.98. The van der Waals surface area contributed by atoms with E-state index in [4.69, 9.17) is 4.52 Å². The van der Waals surface area contributed by atoms with E-state index in [9.17, 15) is 4.57 Å². The van der Waals surface area contributed by atoms with Crippen molar-refractivity contribution in [3.63, 3.8) is 0 Å². The van der Waals surface area contributed by atoms with Crippen LogP contribution in [0.15, 0.2) is 30.3 Å². The summed E-state index contributed by atoms with van der Waals surface area (Å²) in [5.74, 6) is 0.726. The molecule has 1 unspecified atom stereocenters. The minimum atomic E-state index is -1.53. The Morgan fingerprint density at radius 2 is 1.73 bits per heavy atom. The van der Waals surface area contributed by atoms with E-state index in [1.54, 1.807) is 0 Å². The predicted molar refractivity (Wildman–Crippen MR) is 61.5 cm³/mol. The van der Waals surface area contributed by atoms with Gasteiger partial charge < -0.3 is 0 Å². The highest BCUT2D eigenvalue weighted by atomic mass is 31.1. The number of hydrogen-bond acceptors (Lipinski definition) is 2. The monoisotopic (exact) mass is 223 g/mol. The fraction of sp³-hybridized carbons (Fsp3) is 0.500. The molecule has 0 spiro atoms. The molecule has 1 aliphatic carbocycles. The van der Waals surface area contributed by atoms with Crippen molar-refractivity contribution in [3.05, 3.63) is 30.3 Å². The van der Waals surface area contributed by atoms with Crippen LogP contribution in [0.3, 0.4) is 0 Å². The maximum atomic E-state index is 11.9. The lowest BCUT2D eigenvalue weighted by Gasteiger charge is -2.11. The lowest BCUT2D eigenvalue weighted by atomic mass is 10.0. The zero-order valence-corrected chi connectivity index (χ0v) is 9.66. The molecule has 80 valence electrons. The highest BCUT2D eigenvalue weighted by Gasteiger charge is 2.34. The van der Waals surface area contributed by atoms with Crippen LogP contribution in [0.5, 0.6) is 5.75 Å². The van der Waals surface area contributed by atoms with Crippen molar-refractivity contribution < 1.29 is 9.09 Å². The molecule has 0 radical (unpaired) electrons. The van der Waals surface area contributed by atoms with Crippen LogP contribution < -0.4 is 4.52 Å². The van der Waals surface area contributed by atoms with E-state index >= 15 is 0 Å². The number of rotatable bonds is 3. The summed E-state index contributed by atoms with van der Waals surface area (Å²) in [5.41, 5.74) is 0.272. The summed E-state index contributed by atoms with van der Waals surface area (Å²) >= 11 is 0. The van der Waals surface area contributed by atoms with E-state index in [0.29, 0.717) is 0 Å². The molecule has 15 heavy (non-hydrogen) atoms. The summed E-state index contributed by atoms with van der Waals surface area (Å²) in [6.07, 6.45) is 5.79. The smallest absolute Gasteiger partial charge is 0.254 e. The van der Waals surface area contributed by atoms with Crippen molar-refractivity contribution in [1.29, 1.82) is 0 Å². The van der Waals surface area contributed by atoms with E-state index in [1.807, 2.05) is 30.3 Å². The average Bonchev–Trinajstić information content (AvgIpc) is 2.31. The maximum absolute atomic E-state index is 11.9.